The maximum atomic E-state index is 8.99. The summed E-state index contributed by atoms with van der Waals surface area (Å²) in [6, 6.07) is 0. The van der Waals surface area contributed by atoms with E-state index in [4.69, 9.17) is 5.11 Å². The minimum atomic E-state index is 0. The number of hydrogen-bond acceptors (Lipinski definition) is 1. The number of imidazole rings is 1. The molecule has 0 aliphatic heterocycles. The van der Waals surface area contributed by atoms with Crippen molar-refractivity contribution in [2.24, 2.45) is 7.05 Å². The molecule has 0 aromatic carbocycles. The predicted octanol–water partition coefficient (Wildman–Crippen LogP) is -2.81. The molecule has 1 rings (SSSR count). The molecule has 0 aliphatic carbocycles. The lowest BCUT2D eigenvalue weighted by Gasteiger charge is -1.92. The molecule has 0 radical (unpaired) electrons. The summed E-state index contributed by atoms with van der Waals surface area (Å²) in [6.07, 6.45) is 0. The van der Waals surface area contributed by atoms with Crippen molar-refractivity contribution < 1.29 is 26.7 Å². The first-order chi connectivity index (χ1) is 5.09. The van der Waals surface area contributed by atoms with Gasteiger partial charge in [0.15, 0.2) is 6.73 Å². The summed E-state index contributed by atoms with van der Waals surface area (Å²) in [4.78, 5) is 0. The van der Waals surface area contributed by atoms with E-state index in [1.807, 2.05) is 25.5 Å². The molecule has 0 saturated heterocycles. The average Bonchev–Trinajstić information content (AvgIpc) is 2.17. The van der Waals surface area contributed by atoms with E-state index in [0.717, 1.165) is 11.5 Å². The average molecular weight is 235 g/mol. The second-order valence-corrected chi connectivity index (χ2v) is 2.85. The SMILES string of the molecule is Cc1c(C)[n+](C)c(C)n1CO.[Br-]. The minimum absolute atomic E-state index is 0. The molecular weight excluding hydrogens is 220 g/mol. The van der Waals surface area contributed by atoms with Gasteiger partial charge in [0.25, 0.3) is 5.82 Å². The molecule has 0 fully saturated rings. The molecule has 0 saturated carbocycles. The largest absolute Gasteiger partial charge is 1.00 e. The molecule has 1 aromatic heterocycles. The van der Waals surface area contributed by atoms with Crippen LogP contribution in [0, 0.1) is 20.8 Å². The smallest absolute Gasteiger partial charge is 0.255 e. The summed E-state index contributed by atoms with van der Waals surface area (Å²) in [5.41, 5.74) is 2.34. The van der Waals surface area contributed by atoms with Crippen molar-refractivity contribution in [2.45, 2.75) is 27.5 Å². The molecule has 0 aliphatic rings. The van der Waals surface area contributed by atoms with Gasteiger partial charge in [-0.1, -0.05) is 0 Å². The monoisotopic (exact) mass is 234 g/mol. The van der Waals surface area contributed by atoms with E-state index in [0.29, 0.717) is 0 Å². The van der Waals surface area contributed by atoms with Gasteiger partial charge < -0.3 is 22.1 Å². The molecular formula is C8H15BrN2O. The van der Waals surface area contributed by atoms with Crippen LogP contribution >= 0.6 is 0 Å². The fourth-order valence-electron chi connectivity index (χ4n) is 1.31. The molecule has 0 amide bonds. The predicted molar refractivity (Wildman–Crippen MR) is 42.0 cm³/mol. The Morgan fingerprint density at radius 2 is 1.83 bits per heavy atom. The van der Waals surface area contributed by atoms with E-state index in [9.17, 15) is 0 Å². The molecule has 4 heteroatoms. The quantitative estimate of drug-likeness (QED) is 0.523. The normalized spacial score (nSPS) is 9.75. The topological polar surface area (TPSA) is 29.0 Å². The molecule has 1 N–H and O–H groups in total. The van der Waals surface area contributed by atoms with Gasteiger partial charge in [0, 0.05) is 20.8 Å². The summed E-state index contributed by atoms with van der Waals surface area (Å²) in [5.74, 6) is 1.09. The number of halogens is 1. The van der Waals surface area contributed by atoms with E-state index < -0.39 is 0 Å². The maximum Gasteiger partial charge on any atom is 0.255 e. The van der Waals surface area contributed by atoms with Crippen LogP contribution in [0.15, 0.2) is 0 Å². The van der Waals surface area contributed by atoms with Gasteiger partial charge in [-0.15, -0.1) is 0 Å². The van der Waals surface area contributed by atoms with E-state index in [2.05, 4.69) is 11.5 Å². The Kier molecular flexibility index (Phi) is 3.93. The van der Waals surface area contributed by atoms with Crippen molar-refractivity contribution in [1.82, 2.24) is 4.57 Å². The first-order valence-electron chi connectivity index (χ1n) is 3.72. The Balaban J connectivity index is 0.00000121. The first-order valence-corrected chi connectivity index (χ1v) is 3.72. The molecule has 70 valence electrons. The highest BCUT2D eigenvalue weighted by Gasteiger charge is 2.17. The second-order valence-electron chi connectivity index (χ2n) is 2.85. The van der Waals surface area contributed by atoms with Crippen LogP contribution in [0.25, 0.3) is 0 Å². The number of aliphatic hydroxyl groups excluding tert-OH is 1. The summed E-state index contributed by atoms with van der Waals surface area (Å²) in [6.45, 7) is 6.13. The Morgan fingerprint density at radius 1 is 1.33 bits per heavy atom. The van der Waals surface area contributed by atoms with Gasteiger partial charge in [0.1, 0.15) is 11.4 Å². The van der Waals surface area contributed by atoms with Gasteiger partial charge in [-0.25, -0.2) is 9.13 Å². The van der Waals surface area contributed by atoms with Crippen molar-refractivity contribution in [1.29, 1.82) is 0 Å². The van der Waals surface area contributed by atoms with Gasteiger partial charge in [-0.05, 0) is 0 Å². The summed E-state index contributed by atoms with van der Waals surface area (Å²) in [7, 11) is 2.00. The highest BCUT2D eigenvalue weighted by molar-refractivity contribution is 5.05. The Bertz CT molecular complexity index is 256. The van der Waals surface area contributed by atoms with Crippen molar-refractivity contribution in [2.75, 3.05) is 0 Å². The standard InChI is InChI=1S/C8H15N2O.BrH/c1-6-7(2)10(5-11)8(3)9(6)4;/h11H,5H2,1-4H3;1H/q+1;/p-1. The number of aromatic nitrogens is 2. The second kappa shape index (κ2) is 4.05. The highest BCUT2D eigenvalue weighted by Crippen LogP contribution is 2.05. The Hall–Kier alpha value is -0.350. The number of aliphatic hydroxyl groups is 1. The lowest BCUT2D eigenvalue weighted by Crippen LogP contribution is -3.00. The van der Waals surface area contributed by atoms with Gasteiger partial charge in [0.05, 0.1) is 7.05 Å². The van der Waals surface area contributed by atoms with Crippen LogP contribution in [0.2, 0.25) is 0 Å². The Morgan fingerprint density at radius 3 is 2.00 bits per heavy atom. The van der Waals surface area contributed by atoms with Crippen LogP contribution in [0.3, 0.4) is 0 Å². The highest BCUT2D eigenvalue weighted by atomic mass is 79.9. The molecule has 0 bridgehead atoms. The molecule has 12 heavy (non-hydrogen) atoms. The number of nitrogens with zero attached hydrogens (tertiary/aromatic N) is 2. The van der Waals surface area contributed by atoms with Crippen LogP contribution < -0.4 is 21.5 Å². The van der Waals surface area contributed by atoms with Gasteiger partial charge in [-0.2, -0.15) is 0 Å². The van der Waals surface area contributed by atoms with Crippen molar-refractivity contribution in [3.05, 3.63) is 17.2 Å². The summed E-state index contributed by atoms with van der Waals surface area (Å²) in [5, 5.41) is 8.99. The third kappa shape index (κ3) is 1.54. The zero-order chi connectivity index (χ0) is 8.59. The fraction of sp³-hybridized carbons (Fsp3) is 0.625. The van der Waals surface area contributed by atoms with Crippen LogP contribution in [0.5, 0.6) is 0 Å². The zero-order valence-electron chi connectivity index (χ0n) is 7.93. The van der Waals surface area contributed by atoms with E-state index in [1.165, 1.54) is 5.69 Å². The van der Waals surface area contributed by atoms with Crippen LogP contribution in [-0.2, 0) is 13.8 Å². The van der Waals surface area contributed by atoms with Gasteiger partial charge in [0.2, 0.25) is 0 Å². The Labute approximate surface area is 83.4 Å². The molecule has 0 spiro atoms. The van der Waals surface area contributed by atoms with E-state index >= 15 is 0 Å². The molecule has 0 atom stereocenters. The molecule has 3 nitrogen and oxygen atoms in total. The lowest BCUT2D eigenvalue weighted by atomic mass is 10.4. The lowest BCUT2D eigenvalue weighted by molar-refractivity contribution is -0.683. The van der Waals surface area contributed by atoms with Crippen molar-refractivity contribution >= 4 is 0 Å². The molecule has 1 heterocycles. The minimum Gasteiger partial charge on any atom is -1.00 e. The molecule has 1 aromatic rings. The third-order valence-corrected chi connectivity index (χ3v) is 2.45. The van der Waals surface area contributed by atoms with Crippen LogP contribution in [0.4, 0.5) is 0 Å². The van der Waals surface area contributed by atoms with Crippen molar-refractivity contribution in [3.63, 3.8) is 0 Å². The fourth-order valence-corrected chi connectivity index (χ4v) is 1.31. The maximum absolute atomic E-state index is 8.99. The third-order valence-electron chi connectivity index (χ3n) is 2.45. The number of rotatable bonds is 1. The molecule has 0 unspecified atom stereocenters. The van der Waals surface area contributed by atoms with Crippen LogP contribution in [0.1, 0.15) is 17.2 Å². The number of hydrogen-bond donors (Lipinski definition) is 1. The van der Waals surface area contributed by atoms with Crippen molar-refractivity contribution in [3.8, 4) is 0 Å². The van der Waals surface area contributed by atoms with Gasteiger partial charge >= 0.3 is 0 Å². The zero-order valence-corrected chi connectivity index (χ0v) is 9.51. The van der Waals surface area contributed by atoms with Gasteiger partial charge in [-0.3, -0.25) is 0 Å². The van der Waals surface area contributed by atoms with E-state index in [-0.39, 0.29) is 23.7 Å². The summed E-state index contributed by atoms with van der Waals surface area (Å²) >= 11 is 0. The summed E-state index contributed by atoms with van der Waals surface area (Å²) < 4.78 is 3.96. The van der Waals surface area contributed by atoms with Crippen LogP contribution in [-0.4, -0.2) is 9.67 Å². The first kappa shape index (κ1) is 11.6. The van der Waals surface area contributed by atoms with E-state index in [1.54, 1.807) is 0 Å².